The number of likely N-dealkylation sites (N-methyl/N-ethyl adjacent to an activating group) is 1. The Morgan fingerprint density at radius 2 is 1.93 bits per heavy atom. The van der Waals surface area contributed by atoms with E-state index in [0.29, 0.717) is 17.0 Å². The number of oxime groups is 1. The van der Waals surface area contributed by atoms with Gasteiger partial charge in [0.1, 0.15) is 19.4 Å². The van der Waals surface area contributed by atoms with Crippen LogP contribution in [-0.4, -0.2) is 32.9 Å². The summed E-state index contributed by atoms with van der Waals surface area (Å²) in [6, 6.07) is 7.24. The lowest BCUT2D eigenvalue weighted by atomic mass is 10.0. The van der Waals surface area contributed by atoms with Crippen LogP contribution in [-0.2, 0) is 25.9 Å². The lowest BCUT2D eigenvalue weighted by Gasteiger charge is -2.14. The average molecular weight is 374 g/mol. The molecule has 0 radical (unpaired) electrons. The normalized spacial score (nSPS) is 10.5. The number of hydrogen-bond donors (Lipinski definition) is 3. The van der Waals surface area contributed by atoms with E-state index in [4.69, 9.17) is 14.5 Å². The van der Waals surface area contributed by atoms with Gasteiger partial charge in [-0.3, -0.25) is 25.4 Å². The Balaban J connectivity index is 2.93. The summed E-state index contributed by atoms with van der Waals surface area (Å²) in [7, 11) is 4.40. The van der Waals surface area contributed by atoms with Crippen molar-refractivity contribution in [2.24, 2.45) is 5.16 Å². The van der Waals surface area contributed by atoms with Crippen molar-refractivity contribution in [3.8, 4) is 0 Å². The first-order valence-corrected chi connectivity index (χ1v) is 8.16. The Hall–Kier alpha value is -3.06. The van der Waals surface area contributed by atoms with E-state index in [1.807, 2.05) is 26.0 Å². The summed E-state index contributed by atoms with van der Waals surface area (Å²) in [5.74, 6) is -0.361. The Morgan fingerprint density at radius 3 is 2.52 bits per heavy atom. The van der Waals surface area contributed by atoms with Gasteiger partial charge in [-0.15, -0.1) is 0 Å². The third-order valence-electron chi connectivity index (χ3n) is 3.20. The minimum absolute atomic E-state index is 0.157. The van der Waals surface area contributed by atoms with E-state index >= 15 is 0 Å². The standard InChI is InChI=1S/C19H26N4O4/c1-13(2)11-17(22-25-5)14(3)21-27-12-15-9-7-8-10-16(15)18(23-26-6)19(24)20-4/h7-10,21-22H,3,12H2,1-2,4-6H3,(H,20,24). The molecule has 3 N–H and O–H groups in total. The predicted molar refractivity (Wildman–Crippen MR) is 103 cm³/mol. The molecule has 0 bridgehead atoms. The van der Waals surface area contributed by atoms with Crippen molar-refractivity contribution >= 4 is 11.6 Å². The monoisotopic (exact) mass is 374 g/mol. The molecule has 0 saturated carbocycles. The summed E-state index contributed by atoms with van der Waals surface area (Å²) in [4.78, 5) is 27.3. The third kappa shape index (κ3) is 6.99. The van der Waals surface area contributed by atoms with Gasteiger partial charge in [-0.1, -0.05) is 41.7 Å². The number of carbonyl (C=O) groups excluding carboxylic acids is 1. The zero-order valence-corrected chi connectivity index (χ0v) is 16.3. The second kappa shape index (κ2) is 11.5. The van der Waals surface area contributed by atoms with Crippen molar-refractivity contribution in [1.29, 1.82) is 0 Å². The quantitative estimate of drug-likeness (QED) is 0.251. The molecule has 8 heteroatoms. The van der Waals surface area contributed by atoms with Gasteiger partial charge < -0.3 is 10.2 Å². The Morgan fingerprint density at radius 1 is 1.22 bits per heavy atom. The third-order valence-corrected chi connectivity index (χ3v) is 3.20. The second-order valence-electron chi connectivity index (χ2n) is 5.53. The molecule has 1 rings (SSSR count). The maximum atomic E-state index is 12.1. The molecule has 8 nitrogen and oxygen atoms in total. The molecule has 146 valence electrons. The minimum atomic E-state index is -0.361. The van der Waals surface area contributed by atoms with Gasteiger partial charge in [0, 0.05) is 12.6 Å². The Kier molecular flexibility index (Phi) is 9.39. The van der Waals surface area contributed by atoms with Gasteiger partial charge >= 0.3 is 0 Å². The molecule has 0 atom stereocenters. The van der Waals surface area contributed by atoms with Crippen molar-refractivity contribution in [3.63, 3.8) is 0 Å². The fourth-order valence-electron chi connectivity index (χ4n) is 2.07. The van der Waals surface area contributed by atoms with Crippen molar-refractivity contribution in [2.45, 2.75) is 20.5 Å². The maximum Gasteiger partial charge on any atom is 0.273 e. The van der Waals surface area contributed by atoms with Gasteiger partial charge in [0.05, 0.1) is 12.8 Å². The van der Waals surface area contributed by atoms with Gasteiger partial charge in [0.15, 0.2) is 5.71 Å². The average Bonchev–Trinajstić information content (AvgIpc) is 2.65. The lowest BCUT2D eigenvalue weighted by molar-refractivity contribution is -0.114. The first kappa shape index (κ1) is 22.0. The van der Waals surface area contributed by atoms with Crippen LogP contribution in [0.2, 0.25) is 0 Å². The lowest BCUT2D eigenvalue weighted by Crippen LogP contribution is -2.29. The summed E-state index contributed by atoms with van der Waals surface area (Å²) < 4.78 is 0. The van der Waals surface area contributed by atoms with Crippen molar-refractivity contribution in [2.75, 3.05) is 21.3 Å². The molecule has 0 aromatic heterocycles. The summed E-state index contributed by atoms with van der Waals surface area (Å²) in [5, 5.41) is 6.36. The number of amides is 1. The van der Waals surface area contributed by atoms with E-state index in [2.05, 4.69) is 33.7 Å². The van der Waals surface area contributed by atoms with Crippen LogP contribution < -0.4 is 16.3 Å². The Bertz CT molecular complexity index is 761. The van der Waals surface area contributed by atoms with E-state index in [-0.39, 0.29) is 18.2 Å². The van der Waals surface area contributed by atoms with E-state index in [9.17, 15) is 4.79 Å². The van der Waals surface area contributed by atoms with Gasteiger partial charge in [0.25, 0.3) is 5.91 Å². The molecular formula is C19H26N4O4. The Labute approximate surface area is 159 Å². The molecule has 1 aromatic rings. The van der Waals surface area contributed by atoms with Crippen molar-refractivity contribution in [1.82, 2.24) is 16.3 Å². The van der Waals surface area contributed by atoms with Crippen LogP contribution >= 0.6 is 0 Å². The van der Waals surface area contributed by atoms with E-state index in [1.165, 1.54) is 21.3 Å². The number of rotatable bonds is 10. The van der Waals surface area contributed by atoms with E-state index < -0.39 is 0 Å². The number of hydrogen-bond acceptors (Lipinski definition) is 7. The SMILES string of the molecule is C=C(NOCc1ccccc1C(=NOC)C(=O)NC)C(=C=C(C)C)NOC. The van der Waals surface area contributed by atoms with Gasteiger partial charge in [0.2, 0.25) is 0 Å². The van der Waals surface area contributed by atoms with Crippen LogP contribution in [0.5, 0.6) is 0 Å². The van der Waals surface area contributed by atoms with Crippen LogP contribution in [0.15, 0.2) is 58.7 Å². The molecule has 0 aliphatic rings. The van der Waals surface area contributed by atoms with Crippen molar-refractivity contribution in [3.05, 3.63) is 64.7 Å². The van der Waals surface area contributed by atoms with Gasteiger partial charge in [-0.25, -0.2) is 0 Å². The highest BCUT2D eigenvalue weighted by Gasteiger charge is 2.17. The zero-order valence-electron chi connectivity index (χ0n) is 16.3. The molecular weight excluding hydrogens is 348 g/mol. The second-order valence-corrected chi connectivity index (χ2v) is 5.53. The molecule has 27 heavy (non-hydrogen) atoms. The molecule has 0 unspecified atom stereocenters. The fraction of sp³-hybridized carbons (Fsp3) is 0.316. The minimum Gasteiger partial charge on any atom is -0.398 e. The fourth-order valence-corrected chi connectivity index (χ4v) is 2.07. The van der Waals surface area contributed by atoms with E-state index in [1.54, 1.807) is 12.1 Å². The van der Waals surface area contributed by atoms with Gasteiger partial charge in [-0.05, 0) is 25.0 Å². The van der Waals surface area contributed by atoms with Crippen LogP contribution in [0, 0.1) is 0 Å². The summed E-state index contributed by atoms with van der Waals surface area (Å²) in [6.45, 7) is 7.84. The number of hydroxylamine groups is 2. The van der Waals surface area contributed by atoms with E-state index in [0.717, 1.165) is 11.1 Å². The molecule has 0 spiro atoms. The number of nitrogens with one attached hydrogen (secondary N) is 3. The molecule has 0 saturated heterocycles. The molecule has 1 amide bonds. The highest BCUT2D eigenvalue weighted by molar-refractivity contribution is 6.45. The topological polar surface area (TPSA) is 93.2 Å². The van der Waals surface area contributed by atoms with Gasteiger partial charge in [-0.2, -0.15) is 0 Å². The molecule has 0 fully saturated rings. The van der Waals surface area contributed by atoms with Crippen LogP contribution in [0.3, 0.4) is 0 Å². The highest BCUT2D eigenvalue weighted by atomic mass is 16.7. The maximum absolute atomic E-state index is 12.1. The van der Waals surface area contributed by atoms with Crippen LogP contribution in [0.25, 0.3) is 0 Å². The number of benzene rings is 1. The van der Waals surface area contributed by atoms with Crippen LogP contribution in [0.4, 0.5) is 0 Å². The van der Waals surface area contributed by atoms with Crippen LogP contribution in [0.1, 0.15) is 25.0 Å². The zero-order chi connectivity index (χ0) is 20.2. The molecule has 0 aliphatic heterocycles. The summed E-state index contributed by atoms with van der Waals surface area (Å²) in [5.41, 5.74) is 11.9. The predicted octanol–water partition coefficient (Wildman–Crippen LogP) is 1.92. The highest BCUT2D eigenvalue weighted by Crippen LogP contribution is 2.13. The first-order chi connectivity index (χ1) is 12.9. The van der Waals surface area contributed by atoms with Crippen molar-refractivity contribution < 1.29 is 19.3 Å². The number of carbonyl (C=O) groups is 1. The first-order valence-electron chi connectivity index (χ1n) is 8.16. The molecule has 0 heterocycles. The molecule has 0 aliphatic carbocycles. The summed E-state index contributed by atoms with van der Waals surface area (Å²) >= 11 is 0. The summed E-state index contributed by atoms with van der Waals surface area (Å²) in [6.07, 6.45) is 0. The largest absolute Gasteiger partial charge is 0.398 e. The smallest absolute Gasteiger partial charge is 0.273 e. The number of nitrogens with zero attached hydrogens (tertiary/aromatic N) is 1. The molecule has 1 aromatic carbocycles.